The van der Waals surface area contributed by atoms with Gasteiger partial charge < -0.3 is 4.74 Å². The molecule has 0 aliphatic heterocycles. The van der Waals surface area contributed by atoms with Crippen LogP contribution in [0.25, 0.3) is 0 Å². The van der Waals surface area contributed by atoms with Gasteiger partial charge in [-0.3, -0.25) is 5.32 Å². The lowest BCUT2D eigenvalue weighted by Gasteiger charge is -2.38. The van der Waals surface area contributed by atoms with Gasteiger partial charge in [-0.2, -0.15) is 5.26 Å². The van der Waals surface area contributed by atoms with Gasteiger partial charge in [0.05, 0.1) is 12.2 Å². The minimum absolute atomic E-state index is 0.0850. The van der Waals surface area contributed by atoms with Crippen LogP contribution in [0.5, 0.6) is 0 Å². The molecule has 3 nitrogen and oxygen atoms in total. The van der Waals surface area contributed by atoms with Crippen LogP contribution in [0.3, 0.4) is 0 Å². The third-order valence-corrected chi connectivity index (χ3v) is 3.36. The van der Waals surface area contributed by atoms with Crippen molar-refractivity contribution in [1.29, 1.82) is 5.26 Å². The fraction of sp³-hybridized carbons (Fsp3) is 0.909. The Morgan fingerprint density at radius 2 is 2.14 bits per heavy atom. The zero-order valence-electron chi connectivity index (χ0n) is 8.75. The number of hydrogen-bond donors (Lipinski definition) is 1. The van der Waals surface area contributed by atoms with Gasteiger partial charge in [0.25, 0.3) is 0 Å². The molecule has 2 aliphatic rings. The van der Waals surface area contributed by atoms with Crippen LogP contribution < -0.4 is 5.32 Å². The van der Waals surface area contributed by atoms with Crippen molar-refractivity contribution in [2.24, 2.45) is 0 Å². The standard InChI is InChI=1S/C11H18N2O/c1-14-10-4-2-3-7-11(10,8-12)13-9-5-6-9/h9-10,13H,2-7H2,1H3. The highest BCUT2D eigenvalue weighted by atomic mass is 16.5. The molecule has 14 heavy (non-hydrogen) atoms. The number of rotatable bonds is 3. The molecule has 3 heteroatoms. The molecule has 0 radical (unpaired) electrons. The number of nitrogens with one attached hydrogen (secondary N) is 1. The van der Waals surface area contributed by atoms with Crippen LogP contribution in [0.2, 0.25) is 0 Å². The second-order valence-electron chi connectivity index (χ2n) is 4.47. The van der Waals surface area contributed by atoms with Gasteiger partial charge in [0, 0.05) is 13.2 Å². The van der Waals surface area contributed by atoms with E-state index < -0.39 is 5.54 Å². The lowest BCUT2D eigenvalue weighted by molar-refractivity contribution is 0.0121. The van der Waals surface area contributed by atoms with Crippen molar-refractivity contribution in [1.82, 2.24) is 5.32 Å². The number of ether oxygens (including phenoxy) is 1. The second-order valence-corrected chi connectivity index (χ2v) is 4.47. The molecule has 2 rings (SSSR count). The normalized spacial score (nSPS) is 37.9. The van der Waals surface area contributed by atoms with Crippen LogP contribution in [0, 0.1) is 11.3 Å². The van der Waals surface area contributed by atoms with Crippen molar-refractivity contribution in [3.8, 4) is 6.07 Å². The SMILES string of the molecule is COC1CCCCC1(C#N)NC1CC1. The Balaban J connectivity index is 2.08. The lowest BCUT2D eigenvalue weighted by Crippen LogP contribution is -2.56. The summed E-state index contributed by atoms with van der Waals surface area (Å²) in [5.41, 5.74) is -0.395. The molecule has 0 aromatic carbocycles. The Morgan fingerprint density at radius 3 is 2.71 bits per heavy atom. The molecule has 0 spiro atoms. The Kier molecular flexibility index (Phi) is 2.76. The Labute approximate surface area is 85.4 Å². The van der Waals surface area contributed by atoms with Crippen LogP contribution >= 0.6 is 0 Å². The van der Waals surface area contributed by atoms with E-state index in [1.165, 1.54) is 19.3 Å². The minimum atomic E-state index is -0.395. The van der Waals surface area contributed by atoms with Gasteiger partial charge in [-0.25, -0.2) is 0 Å². The molecular formula is C11H18N2O. The molecule has 2 unspecified atom stereocenters. The second kappa shape index (κ2) is 3.88. The molecule has 0 saturated heterocycles. The van der Waals surface area contributed by atoms with E-state index in [0.29, 0.717) is 6.04 Å². The molecular weight excluding hydrogens is 176 g/mol. The van der Waals surface area contributed by atoms with Crippen LogP contribution in [0.4, 0.5) is 0 Å². The number of nitriles is 1. The van der Waals surface area contributed by atoms with Crippen LogP contribution in [0.1, 0.15) is 38.5 Å². The third-order valence-electron chi connectivity index (χ3n) is 3.36. The fourth-order valence-corrected chi connectivity index (χ4v) is 2.38. The summed E-state index contributed by atoms with van der Waals surface area (Å²) in [4.78, 5) is 0. The summed E-state index contributed by atoms with van der Waals surface area (Å²) in [6.45, 7) is 0. The van der Waals surface area contributed by atoms with Crippen molar-refractivity contribution in [2.75, 3.05) is 7.11 Å². The zero-order chi connectivity index (χ0) is 10.0. The van der Waals surface area contributed by atoms with E-state index in [9.17, 15) is 5.26 Å². The van der Waals surface area contributed by atoms with E-state index in [1.54, 1.807) is 7.11 Å². The third kappa shape index (κ3) is 1.77. The van der Waals surface area contributed by atoms with Crippen molar-refractivity contribution in [3.63, 3.8) is 0 Å². The maximum absolute atomic E-state index is 9.33. The highest BCUT2D eigenvalue weighted by Gasteiger charge is 2.44. The van der Waals surface area contributed by atoms with Gasteiger partial charge in [0.2, 0.25) is 0 Å². The van der Waals surface area contributed by atoms with Crippen molar-refractivity contribution in [3.05, 3.63) is 0 Å². The number of methoxy groups -OCH3 is 1. The average Bonchev–Trinajstić information content (AvgIpc) is 3.02. The molecule has 78 valence electrons. The average molecular weight is 194 g/mol. The molecule has 0 aromatic rings. The van der Waals surface area contributed by atoms with Crippen LogP contribution in [-0.2, 0) is 4.74 Å². The molecule has 2 atom stereocenters. The zero-order valence-corrected chi connectivity index (χ0v) is 8.75. The fourth-order valence-electron chi connectivity index (χ4n) is 2.38. The maximum atomic E-state index is 9.33. The van der Waals surface area contributed by atoms with E-state index in [-0.39, 0.29) is 6.10 Å². The Morgan fingerprint density at radius 1 is 1.36 bits per heavy atom. The smallest absolute Gasteiger partial charge is 0.133 e. The van der Waals surface area contributed by atoms with E-state index >= 15 is 0 Å². The van der Waals surface area contributed by atoms with Crippen LogP contribution in [-0.4, -0.2) is 24.8 Å². The summed E-state index contributed by atoms with van der Waals surface area (Å²) in [5, 5.41) is 12.8. The summed E-state index contributed by atoms with van der Waals surface area (Å²) in [6.07, 6.45) is 6.82. The predicted molar refractivity (Wildman–Crippen MR) is 53.8 cm³/mol. The van der Waals surface area contributed by atoms with E-state index in [2.05, 4.69) is 11.4 Å². The first-order valence-electron chi connectivity index (χ1n) is 5.52. The first kappa shape index (κ1) is 9.95. The molecule has 0 heterocycles. The molecule has 0 aromatic heterocycles. The molecule has 2 saturated carbocycles. The lowest BCUT2D eigenvalue weighted by atomic mass is 9.80. The van der Waals surface area contributed by atoms with Crippen molar-refractivity contribution < 1.29 is 4.74 Å². The van der Waals surface area contributed by atoms with Crippen LogP contribution in [0.15, 0.2) is 0 Å². The molecule has 1 N–H and O–H groups in total. The first-order valence-corrected chi connectivity index (χ1v) is 5.52. The maximum Gasteiger partial charge on any atom is 0.133 e. The molecule has 2 fully saturated rings. The van der Waals surface area contributed by atoms with E-state index in [1.807, 2.05) is 0 Å². The van der Waals surface area contributed by atoms with Crippen molar-refractivity contribution >= 4 is 0 Å². The highest BCUT2D eigenvalue weighted by molar-refractivity contribution is 5.15. The predicted octanol–water partition coefficient (Wildman–Crippen LogP) is 1.59. The van der Waals surface area contributed by atoms with Gasteiger partial charge in [-0.15, -0.1) is 0 Å². The molecule has 0 bridgehead atoms. The number of nitrogens with zero attached hydrogens (tertiary/aromatic N) is 1. The van der Waals surface area contributed by atoms with Gasteiger partial charge in [-0.05, 0) is 25.7 Å². The Bertz CT molecular complexity index is 244. The van der Waals surface area contributed by atoms with Gasteiger partial charge in [0.15, 0.2) is 0 Å². The summed E-state index contributed by atoms with van der Waals surface area (Å²) >= 11 is 0. The largest absolute Gasteiger partial charge is 0.378 e. The monoisotopic (exact) mass is 194 g/mol. The Hall–Kier alpha value is -0.590. The van der Waals surface area contributed by atoms with Gasteiger partial charge in [-0.1, -0.05) is 12.8 Å². The minimum Gasteiger partial charge on any atom is -0.378 e. The summed E-state index contributed by atoms with van der Waals surface area (Å²) in [5.74, 6) is 0. The summed E-state index contributed by atoms with van der Waals surface area (Å²) in [7, 11) is 1.72. The highest BCUT2D eigenvalue weighted by Crippen LogP contribution is 2.33. The van der Waals surface area contributed by atoms with Gasteiger partial charge in [0.1, 0.15) is 5.54 Å². The molecule has 2 aliphatic carbocycles. The molecule has 0 amide bonds. The topological polar surface area (TPSA) is 45.0 Å². The van der Waals surface area contributed by atoms with Crippen molar-refractivity contribution in [2.45, 2.75) is 56.2 Å². The van der Waals surface area contributed by atoms with E-state index in [0.717, 1.165) is 19.3 Å². The first-order chi connectivity index (χ1) is 6.80. The summed E-state index contributed by atoms with van der Waals surface area (Å²) in [6, 6.07) is 3.03. The quantitative estimate of drug-likeness (QED) is 0.742. The number of hydrogen-bond acceptors (Lipinski definition) is 3. The van der Waals surface area contributed by atoms with E-state index in [4.69, 9.17) is 4.74 Å². The summed E-state index contributed by atoms with van der Waals surface area (Å²) < 4.78 is 5.44. The van der Waals surface area contributed by atoms with Gasteiger partial charge >= 0.3 is 0 Å².